The van der Waals surface area contributed by atoms with E-state index in [0.29, 0.717) is 13.0 Å². The number of nitrogens with zero attached hydrogens (tertiary/aromatic N) is 3. The topological polar surface area (TPSA) is 56.1 Å². The van der Waals surface area contributed by atoms with E-state index in [2.05, 4.69) is 47.4 Å². The summed E-state index contributed by atoms with van der Waals surface area (Å²) in [7, 11) is 0. The van der Waals surface area contributed by atoms with Gasteiger partial charge in [0.05, 0.1) is 24.4 Å². The van der Waals surface area contributed by atoms with E-state index in [1.165, 1.54) is 10.8 Å². The highest BCUT2D eigenvalue weighted by molar-refractivity contribution is 6.05. The zero-order valence-corrected chi connectivity index (χ0v) is 17.5. The Morgan fingerprint density at radius 1 is 0.935 bits per heavy atom. The predicted octanol–water partition coefficient (Wildman–Crippen LogP) is 3.97. The van der Waals surface area contributed by atoms with Gasteiger partial charge in [0.2, 0.25) is 0 Å². The molecular weight excluding hydrogens is 386 g/mol. The second kappa shape index (κ2) is 8.61. The number of rotatable bonds is 4. The number of likely N-dealkylation sites (tertiary alicyclic amines) is 1. The molecule has 0 spiro atoms. The summed E-state index contributed by atoms with van der Waals surface area (Å²) in [6.07, 6.45) is 1.90. The normalized spacial score (nSPS) is 20.2. The van der Waals surface area contributed by atoms with Crippen molar-refractivity contribution in [3.63, 3.8) is 0 Å². The SMILES string of the molecule is O=C(CN1CCC(O)CC1)N1N=C(c2ccc3ccccc3c2)CC1c1ccccc1. The molecule has 1 unspecified atom stereocenters. The van der Waals surface area contributed by atoms with Crippen molar-refractivity contribution in [2.24, 2.45) is 5.10 Å². The molecule has 31 heavy (non-hydrogen) atoms. The monoisotopic (exact) mass is 413 g/mol. The minimum absolute atomic E-state index is 0.0148. The first-order valence-electron chi connectivity index (χ1n) is 11.0. The number of benzene rings is 3. The van der Waals surface area contributed by atoms with Crippen LogP contribution in [0.3, 0.4) is 0 Å². The largest absolute Gasteiger partial charge is 0.393 e. The Morgan fingerprint density at radius 3 is 2.42 bits per heavy atom. The molecule has 2 aliphatic rings. The quantitative estimate of drug-likeness (QED) is 0.704. The van der Waals surface area contributed by atoms with Crippen LogP contribution in [0, 0.1) is 0 Å². The molecule has 0 aliphatic carbocycles. The van der Waals surface area contributed by atoms with E-state index < -0.39 is 0 Å². The summed E-state index contributed by atoms with van der Waals surface area (Å²) in [4.78, 5) is 15.4. The van der Waals surface area contributed by atoms with Gasteiger partial charge in [0.25, 0.3) is 5.91 Å². The molecule has 0 saturated carbocycles. The van der Waals surface area contributed by atoms with Crippen LogP contribution in [0.1, 0.15) is 36.4 Å². The van der Waals surface area contributed by atoms with Gasteiger partial charge < -0.3 is 5.11 Å². The first-order chi connectivity index (χ1) is 15.2. The van der Waals surface area contributed by atoms with Crippen LogP contribution in [0.2, 0.25) is 0 Å². The number of carbonyl (C=O) groups excluding carboxylic acids is 1. The molecule has 1 saturated heterocycles. The Bertz CT molecular complexity index is 1100. The van der Waals surface area contributed by atoms with E-state index in [1.807, 2.05) is 30.3 Å². The van der Waals surface area contributed by atoms with Crippen LogP contribution >= 0.6 is 0 Å². The first-order valence-corrected chi connectivity index (χ1v) is 11.0. The predicted molar refractivity (Wildman–Crippen MR) is 123 cm³/mol. The average Bonchev–Trinajstić information content (AvgIpc) is 3.27. The van der Waals surface area contributed by atoms with Gasteiger partial charge in [-0.05, 0) is 40.8 Å². The van der Waals surface area contributed by atoms with Gasteiger partial charge in [0.15, 0.2) is 0 Å². The number of amides is 1. The van der Waals surface area contributed by atoms with Crippen LogP contribution < -0.4 is 0 Å². The number of hydrogen-bond acceptors (Lipinski definition) is 4. The van der Waals surface area contributed by atoms with Crippen molar-refractivity contribution in [2.45, 2.75) is 31.4 Å². The minimum Gasteiger partial charge on any atom is -0.393 e. The fraction of sp³-hybridized carbons (Fsp3) is 0.308. The lowest BCUT2D eigenvalue weighted by Crippen LogP contribution is -2.43. The number of aliphatic hydroxyl groups is 1. The van der Waals surface area contributed by atoms with Crippen LogP contribution in [-0.4, -0.2) is 52.4 Å². The lowest BCUT2D eigenvalue weighted by Gasteiger charge is -2.31. The zero-order valence-electron chi connectivity index (χ0n) is 17.5. The van der Waals surface area contributed by atoms with Crippen LogP contribution in [-0.2, 0) is 4.79 Å². The molecule has 1 fully saturated rings. The molecule has 1 atom stereocenters. The lowest BCUT2D eigenvalue weighted by atomic mass is 9.97. The summed E-state index contributed by atoms with van der Waals surface area (Å²) in [5, 5.41) is 18.6. The molecule has 1 amide bonds. The maximum Gasteiger partial charge on any atom is 0.257 e. The molecule has 1 N–H and O–H groups in total. The Morgan fingerprint density at radius 2 is 1.65 bits per heavy atom. The Labute approximate surface area is 182 Å². The standard InChI is InChI=1S/C26H27N3O2/c30-23-12-14-28(15-13-23)18-26(31)29-25(20-7-2-1-3-8-20)17-24(27-29)22-11-10-19-6-4-5-9-21(19)16-22/h1-11,16,23,25,30H,12-15,17-18H2. The van der Waals surface area contributed by atoms with Crippen LogP contribution in [0.4, 0.5) is 0 Å². The molecule has 5 nitrogen and oxygen atoms in total. The molecule has 2 heterocycles. The summed E-state index contributed by atoms with van der Waals surface area (Å²) in [6, 6.07) is 24.7. The van der Waals surface area contributed by atoms with Crippen molar-refractivity contribution in [1.82, 2.24) is 9.91 Å². The minimum atomic E-state index is -0.243. The summed E-state index contributed by atoms with van der Waals surface area (Å²) >= 11 is 0. The Hall–Kier alpha value is -3.02. The molecule has 3 aromatic rings. The van der Waals surface area contributed by atoms with E-state index in [-0.39, 0.29) is 18.1 Å². The Kier molecular flexibility index (Phi) is 5.53. The molecule has 0 bridgehead atoms. The highest BCUT2D eigenvalue weighted by Gasteiger charge is 2.34. The molecule has 5 rings (SSSR count). The molecule has 0 aromatic heterocycles. The fourth-order valence-corrected chi connectivity index (χ4v) is 4.56. The maximum absolute atomic E-state index is 13.3. The van der Waals surface area contributed by atoms with Gasteiger partial charge in [0.1, 0.15) is 0 Å². The van der Waals surface area contributed by atoms with Gasteiger partial charge in [0, 0.05) is 19.5 Å². The third-order valence-electron chi connectivity index (χ3n) is 6.35. The third kappa shape index (κ3) is 4.24. The average molecular weight is 414 g/mol. The maximum atomic E-state index is 13.3. The lowest BCUT2D eigenvalue weighted by molar-refractivity contribution is -0.134. The Balaban J connectivity index is 1.43. The third-order valence-corrected chi connectivity index (χ3v) is 6.35. The van der Waals surface area contributed by atoms with E-state index in [0.717, 1.165) is 42.8 Å². The molecular formula is C26H27N3O2. The van der Waals surface area contributed by atoms with Crippen LogP contribution in [0.15, 0.2) is 77.9 Å². The molecule has 5 heteroatoms. The van der Waals surface area contributed by atoms with Crippen molar-refractivity contribution in [2.75, 3.05) is 19.6 Å². The summed E-state index contributed by atoms with van der Waals surface area (Å²) < 4.78 is 0. The fourth-order valence-electron chi connectivity index (χ4n) is 4.56. The molecule has 2 aliphatic heterocycles. The van der Waals surface area contributed by atoms with Crippen LogP contribution in [0.25, 0.3) is 10.8 Å². The van der Waals surface area contributed by atoms with E-state index in [9.17, 15) is 9.90 Å². The highest BCUT2D eigenvalue weighted by Crippen LogP contribution is 2.33. The molecule has 158 valence electrons. The van der Waals surface area contributed by atoms with E-state index in [4.69, 9.17) is 5.10 Å². The van der Waals surface area contributed by atoms with Gasteiger partial charge in [-0.1, -0.05) is 66.7 Å². The second-order valence-electron chi connectivity index (χ2n) is 8.48. The van der Waals surface area contributed by atoms with Crippen molar-refractivity contribution in [1.29, 1.82) is 0 Å². The van der Waals surface area contributed by atoms with E-state index >= 15 is 0 Å². The summed E-state index contributed by atoms with van der Waals surface area (Å²) in [5.41, 5.74) is 3.11. The van der Waals surface area contributed by atoms with Crippen LogP contribution in [0.5, 0.6) is 0 Å². The van der Waals surface area contributed by atoms with Crippen molar-refractivity contribution in [3.8, 4) is 0 Å². The zero-order chi connectivity index (χ0) is 21.2. The number of hydrazone groups is 1. The van der Waals surface area contributed by atoms with Gasteiger partial charge in [-0.25, -0.2) is 5.01 Å². The van der Waals surface area contributed by atoms with Gasteiger partial charge >= 0.3 is 0 Å². The number of piperidine rings is 1. The number of fused-ring (bicyclic) bond motifs is 1. The smallest absolute Gasteiger partial charge is 0.257 e. The highest BCUT2D eigenvalue weighted by atomic mass is 16.3. The number of hydrogen-bond donors (Lipinski definition) is 1. The van der Waals surface area contributed by atoms with E-state index in [1.54, 1.807) is 5.01 Å². The van der Waals surface area contributed by atoms with Gasteiger partial charge in [-0.15, -0.1) is 0 Å². The van der Waals surface area contributed by atoms with Crippen molar-refractivity contribution in [3.05, 3.63) is 83.9 Å². The molecule has 3 aromatic carbocycles. The summed E-state index contributed by atoms with van der Waals surface area (Å²) in [5.74, 6) is 0.0148. The van der Waals surface area contributed by atoms with Gasteiger partial charge in [-0.3, -0.25) is 9.69 Å². The summed E-state index contributed by atoms with van der Waals surface area (Å²) in [6.45, 7) is 1.83. The van der Waals surface area contributed by atoms with Crippen molar-refractivity contribution < 1.29 is 9.90 Å². The number of aliphatic hydroxyl groups excluding tert-OH is 1. The van der Waals surface area contributed by atoms with Crippen molar-refractivity contribution >= 4 is 22.4 Å². The first kappa shape index (κ1) is 19.9. The molecule has 0 radical (unpaired) electrons. The van der Waals surface area contributed by atoms with Gasteiger partial charge in [-0.2, -0.15) is 5.10 Å². The second-order valence-corrected chi connectivity index (χ2v) is 8.48. The number of carbonyl (C=O) groups is 1.